The number of nitrogens with zero attached hydrogens (tertiary/aromatic N) is 1. The third-order valence-corrected chi connectivity index (χ3v) is 11.3. The average molecular weight is 742 g/mol. The molecule has 1 aliphatic heterocycles. The van der Waals surface area contributed by atoms with Gasteiger partial charge in [-0.3, -0.25) is 24.0 Å². The highest BCUT2D eigenvalue weighted by molar-refractivity contribution is 5.97. The fraction of sp³-hybridized carbons (Fsp3) is 0.630. The number of rotatable bonds is 24. The SMILES string of the molecule is CC(C)C[C@H](NC(=O)C(CCc1ccccc1)CC(=O)CCCN1CCCCC1)C(=O)C[C@@H](Cc1ccccc1)C(=O)N[C@@H](CC(C)C)C(=O)C1(C)CC1. The molecule has 1 aliphatic carbocycles. The molecule has 0 radical (unpaired) electrons. The Balaban J connectivity index is 1.48. The zero-order chi connectivity index (χ0) is 39.1. The molecule has 1 unspecified atom stereocenters. The molecule has 1 saturated heterocycles. The van der Waals surface area contributed by atoms with Crippen LogP contribution in [0.1, 0.15) is 123 Å². The lowest BCUT2D eigenvalue weighted by molar-refractivity contribution is -0.135. The number of ketones is 3. The molecule has 0 bridgehead atoms. The summed E-state index contributed by atoms with van der Waals surface area (Å²) in [5, 5.41) is 6.17. The van der Waals surface area contributed by atoms with Crippen molar-refractivity contribution in [3.63, 3.8) is 0 Å². The van der Waals surface area contributed by atoms with Crippen LogP contribution < -0.4 is 10.6 Å². The van der Waals surface area contributed by atoms with Crippen LogP contribution in [0.2, 0.25) is 0 Å². The smallest absolute Gasteiger partial charge is 0.224 e. The predicted molar refractivity (Wildman–Crippen MR) is 216 cm³/mol. The lowest BCUT2D eigenvalue weighted by Crippen LogP contribution is -2.49. The Kier molecular flexibility index (Phi) is 17.1. The van der Waals surface area contributed by atoms with Gasteiger partial charge in [0.15, 0.2) is 11.6 Å². The summed E-state index contributed by atoms with van der Waals surface area (Å²) in [5.41, 5.74) is 1.63. The van der Waals surface area contributed by atoms with Gasteiger partial charge in [-0.05, 0) is 107 Å². The lowest BCUT2D eigenvalue weighted by Gasteiger charge is -2.27. The molecule has 2 amide bonds. The lowest BCUT2D eigenvalue weighted by atomic mass is 9.87. The molecule has 54 heavy (non-hydrogen) atoms. The first-order valence-electron chi connectivity index (χ1n) is 20.8. The van der Waals surface area contributed by atoms with Gasteiger partial charge in [0, 0.05) is 36.5 Å². The topological polar surface area (TPSA) is 113 Å². The van der Waals surface area contributed by atoms with Crippen LogP contribution in [0.5, 0.6) is 0 Å². The number of benzene rings is 2. The van der Waals surface area contributed by atoms with Crippen molar-refractivity contribution in [3.8, 4) is 0 Å². The largest absolute Gasteiger partial charge is 0.346 e. The zero-order valence-corrected chi connectivity index (χ0v) is 33.7. The number of amides is 2. The van der Waals surface area contributed by atoms with Gasteiger partial charge in [-0.25, -0.2) is 0 Å². The van der Waals surface area contributed by atoms with Gasteiger partial charge in [-0.15, -0.1) is 0 Å². The third kappa shape index (κ3) is 14.5. The van der Waals surface area contributed by atoms with Gasteiger partial charge in [-0.1, -0.05) is 102 Å². The van der Waals surface area contributed by atoms with E-state index in [-0.39, 0.29) is 53.8 Å². The maximum atomic E-state index is 14.3. The Morgan fingerprint density at radius 2 is 1.26 bits per heavy atom. The van der Waals surface area contributed by atoms with Crippen molar-refractivity contribution in [2.24, 2.45) is 29.1 Å². The van der Waals surface area contributed by atoms with Gasteiger partial charge < -0.3 is 15.5 Å². The first-order chi connectivity index (χ1) is 25.8. The molecule has 296 valence electrons. The molecule has 2 fully saturated rings. The number of likely N-dealkylation sites (tertiary alicyclic amines) is 1. The van der Waals surface area contributed by atoms with Gasteiger partial charge in [0.2, 0.25) is 11.8 Å². The van der Waals surface area contributed by atoms with Crippen LogP contribution in [0.25, 0.3) is 0 Å². The molecular weight excluding hydrogens is 675 g/mol. The van der Waals surface area contributed by atoms with E-state index in [2.05, 4.69) is 15.5 Å². The van der Waals surface area contributed by atoms with Gasteiger partial charge in [-0.2, -0.15) is 0 Å². The van der Waals surface area contributed by atoms with E-state index in [1.807, 2.05) is 95.3 Å². The van der Waals surface area contributed by atoms with E-state index < -0.39 is 29.3 Å². The van der Waals surface area contributed by atoms with Crippen LogP contribution in [0.15, 0.2) is 60.7 Å². The number of Topliss-reactive ketones (excluding diaryl/α,β-unsaturated/α-hetero) is 3. The minimum absolute atomic E-state index is 0.0671. The van der Waals surface area contributed by atoms with Gasteiger partial charge in [0.25, 0.3) is 0 Å². The van der Waals surface area contributed by atoms with E-state index in [0.29, 0.717) is 38.5 Å². The number of aryl methyl sites for hydroxylation is 1. The first-order valence-corrected chi connectivity index (χ1v) is 20.8. The Morgan fingerprint density at radius 1 is 0.704 bits per heavy atom. The highest BCUT2D eigenvalue weighted by Crippen LogP contribution is 2.47. The first kappa shape index (κ1) is 43.1. The summed E-state index contributed by atoms with van der Waals surface area (Å²) in [6.07, 6.45) is 9.10. The van der Waals surface area contributed by atoms with Crippen molar-refractivity contribution in [1.29, 1.82) is 0 Å². The molecule has 0 spiro atoms. The van der Waals surface area contributed by atoms with E-state index >= 15 is 0 Å². The number of piperidine rings is 1. The Bertz CT molecular complexity index is 1500. The number of carbonyl (C=O) groups excluding carboxylic acids is 5. The van der Waals surface area contributed by atoms with E-state index in [1.165, 1.54) is 19.3 Å². The maximum Gasteiger partial charge on any atom is 0.224 e. The average Bonchev–Trinajstić information content (AvgIpc) is 3.91. The van der Waals surface area contributed by atoms with Crippen LogP contribution in [-0.4, -0.2) is 65.8 Å². The molecule has 8 heteroatoms. The minimum atomic E-state index is -0.796. The summed E-state index contributed by atoms with van der Waals surface area (Å²) in [4.78, 5) is 71.7. The molecular formula is C46H67N3O5. The molecule has 2 aromatic rings. The number of carbonyl (C=O) groups is 5. The standard InChI is InChI=1S/C46H67N3O5/c1-33(2)28-40(47-44(53)37(22-21-35-16-9-6-10-17-35)31-39(50)20-15-27-49-25-13-8-14-26-49)42(51)32-38(30-36-18-11-7-12-19-36)45(54)48-41(29-34(3)4)43(52)46(5)23-24-46/h6-7,9-12,16-19,33-34,37-38,40-41H,8,13-15,20-32H2,1-5H3,(H,47,53)(H,48,54)/t37?,38-,40+,41+/m1/s1. The summed E-state index contributed by atoms with van der Waals surface area (Å²) in [7, 11) is 0. The van der Waals surface area contributed by atoms with Gasteiger partial charge >= 0.3 is 0 Å². The second-order valence-corrected chi connectivity index (χ2v) is 17.3. The fourth-order valence-corrected chi connectivity index (χ4v) is 7.79. The maximum absolute atomic E-state index is 14.3. The van der Waals surface area contributed by atoms with Gasteiger partial charge in [0.05, 0.1) is 12.1 Å². The quantitative estimate of drug-likeness (QED) is 0.114. The summed E-state index contributed by atoms with van der Waals surface area (Å²) in [5.74, 6) is -1.60. The van der Waals surface area contributed by atoms with E-state index in [9.17, 15) is 24.0 Å². The van der Waals surface area contributed by atoms with Crippen molar-refractivity contribution < 1.29 is 24.0 Å². The zero-order valence-electron chi connectivity index (χ0n) is 33.7. The Labute approximate surface area is 325 Å². The van der Waals surface area contributed by atoms with Crippen molar-refractivity contribution in [2.75, 3.05) is 19.6 Å². The van der Waals surface area contributed by atoms with Crippen molar-refractivity contribution in [1.82, 2.24) is 15.5 Å². The highest BCUT2D eigenvalue weighted by Gasteiger charge is 2.48. The second-order valence-electron chi connectivity index (χ2n) is 17.3. The van der Waals surface area contributed by atoms with Crippen molar-refractivity contribution >= 4 is 29.2 Å². The Morgan fingerprint density at radius 3 is 1.85 bits per heavy atom. The molecule has 0 aromatic heterocycles. The monoisotopic (exact) mass is 742 g/mol. The van der Waals surface area contributed by atoms with Crippen LogP contribution in [-0.2, 0) is 36.8 Å². The summed E-state index contributed by atoms with van der Waals surface area (Å²) in [6.45, 7) is 13.2. The number of nitrogens with one attached hydrogen (secondary N) is 2. The molecule has 1 heterocycles. The second kappa shape index (κ2) is 21.4. The van der Waals surface area contributed by atoms with Crippen LogP contribution in [0, 0.1) is 29.1 Å². The summed E-state index contributed by atoms with van der Waals surface area (Å²) >= 11 is 0. The highest BCUT2D eigenvalue weighted by atomic mass is 16.2. The molecule has 2 N–H and O–H groups in total. The predicted octanol–water partition coefficient (Wildman–Crippen LogP) is 7.71. The van der Waals surface area contributed by atoms with Crippen LogP contribution in [0.4, 0.5) is 0 Å². The van der Waals surface area contributed by atoms with E-state index in [4.69, 9.17) is 0 Å². The van der Waals surface area contributed by atoms with Crippen molar-refractivity contribution in [3.05, 3.63) is 71.8 Å². The summed E-state index contributed by atoms with van der Waals surface area (Å²) < 4.78 is 0. The van der Waals surface area contributed by atoms with Crippen molar-refractivity contribution in [2.45, 2.75) is 137 Å². The fourth-order valence-electron chi connectivity index (χ4n) is 7.79. The molecule has 4 atom stereocenters. The van der Waals surface area contributed by atoms with E-state index in [1.54, 1.807) is 0 Å². The van der Waals surface area contributed by atoms with E-state index in [0.717, 1.165) is 50.0 Å². The molecule has 2 aliphatic rings. The number of hydrogen-bond donors (Lipinski definition) is 2. The summed E-state index contributed by atoms with van der Waals surface area (Å²) in [6, 6.07) is 18.2. The third-order valence-electron chi connectivity index (χ3n) is 11.3. The molecule has 4 rings (SSSR count). The van der Waals surface area contributed by atoms with Crippen LogP contribution >= 0.6 is 0 Å². The molecule has 2 aromatic carbocycles. The number of hydrogen-bond acceptors (Lipinski definition) is 6. The normalized spacial score (nSPS) is 17.7. The molecule has 8 nitrogen and oxygen atoms in total. The van der Waals surface area contributed by atoms with Gasteiger partial charge in [0.1, 0.15) is 5.78 Å². The minimum Gasteiger partial charge on any atom is -0.346 e. The Hall–Kier alpha value is -3.65. The molecule has 1 saturated carbocycles. The van der Waals surface area contributed by atoms with Crippen LogP contribution in [0.3, 0.4) is 0 Å².